The normalized spacial score (nSPS) is 15.9. The van der Waals surface area contributed by atoms with E-state index >= 15 is 0 Å². The van der Waals surface area contributed by atoms with Gasteiger partial charge in [0.2, 0.25) is 0 Å². The molecule has 0 saturated heterocycles. The quantitative estimate of drug-likeness (QED) is 0.262. The summed E-state index contributed by atoms with van der Waals surface area (Å²) in [6.07, 6.45) is 12.9. The smallest absolute Gasteiger partial charge is 0.358 e. The molecule has 27 heavy (non-hydrogen) atoms. The van der Waals surface area contributed by atoms with E-state index in [4.69, 9.17) is 4.98 Å². The zero-order chi connectivity index (χ0) is 18.0. The van der Waals surface area contributed by atoms with Crippen LogP contribution in [-0.4, -0.2) is 37.6 Å². The van der Waals surface area contributed by atoms with E-state index in [1.807, 2.05) is 0 Å². The first-order valence-electron chi connectivity index (χ1n) is 9.38. The van der Waals surface area contributed by atoms with Crippen LogP contribution in [0.1, 0.15) is 69.4 Å². The Morgan fingerprint density at radius 1 is 0.926 bits per heavy atom. The second-order valence-corrected chi connectivity index (χ2v) is 12.2. The van der Waals surface area contributed by atoms with Gasteiger partial charge in [0.1, 0.15) is 0 Å². The van der Waals surface area contributed by atoms with Gasteiger partial charge < -0.3 is 19.4 Å². The summed E-state index contributed by atoms with van der Waals surface area (Å²) in [4.78, 5) is 4.97. The number of halogens is 1. The Labute approximate surface area is 196 Å². The van der Waals surface area contributed by atoms with Crippen LogP contribution in [0, 0.1) is 14.9 Å². The van der Waals surface area contributed by atoms with Gasteiger partial charge in [-0.25, -0.2) is 0 Å². The average Bonchev–Trinajstić information content (AvgIpc) is 3.32. The van der Waals surface area contributed by atoms with E-state index < -0.39 is 8.24 Å². The van der Waals surface area contributed by atoms with Crippen LogP contribution in [0.5, 0.6) is 0 Å². The Hall–Kier alpha value is 0.641. The Balaban J connectivity index is -0.000000496. The number of aromatic nitrogens is 1. The first kappa shape index (κ1) is 32.3. The molecule has 0 unspecified atom stereocenters. The van der Waals surface area contributed by atoms with Crippen molar-refractivity contribution in [3.8, 4) is 0 Å². The Morgan fingerprint density at radius 3 is 1.78 bits per heavy atom. The topological polar surface area (TPSA) is 16.1 Å². The minimum atomic E-state index is -1.52. The molecule has 0 spiro atoms. The van der Waals surface area contributed by atoms with Gasteiger partial charge in [-0.1, -0.05) is 64.1 Å². The molecule has 1 aromatic heterocycles. The summed E-state index contributed by atoms with van der Waals surface area (Å²) in [5.74, 6) is 0.724. The van der Waals surface area contributed by atoms with E-state index in [1.165, 1.54) is 68.8 Å². The van der Waals surface area contributed by atoms with Gasteiger partial charge in [0.15, 0.2) is 13.9 Å². The number of hydrogen-bond acceptors (Lipinski definition) is 2. The van der Waals surface area contributed by atoms with E-state index in [0.717, 1.165) is 5.92 Å². The zero-order valence-corrected chi connectivity index (χ0v) is 22.6. The van der Waals surface area contributed by atoms with Gasteiger partial charge in [-0.05, 0) is 39.1 Å². The summed E-state index contributed by atoms with van der Waals surface area (Å²) in [6.45, 7) is 4.74. The molecule has 0 aliphatic heterocycles. The van der Waals surface area contributed by atoms with Crippen LogP contribution in [-0.2, 0) is 17.1 Å². The summed E-state index contributed by atoms with van der Waals surface area (Å²) in [5, 5.41) is 1.33. The summed E-state index contributed by atoms with van der Waals surface area (Å²) >= 11 is 1.65. The number of hydrogen-bond donors (Lipinski definition) is 0. The largest absolute Gasteiger partial charge is 2.00 e. The SMILES string of the molecule is C1CCCC1.CN(C)[Si](C)(C)c1cccc(C2CCCC2)n1.[B]I.[CH3-].[CH3-].[Fe+2]. The second-order valence-electron chi connectivity index (χ2n) is 7.65. The molecule has 3 rings (SSSR count). The van der Waals surface area contributed by atoms with E-state index in [0.29, 0.717) is 0 Å². The van der Waals surface area contributed by atoms with Gasteiger partial charge in [0, 0.05) is 16.9 Å². The van der Waals surface area contributed by atoms with Crippen molar-refractivity contribution in [2.75, 3.05) is 14.1 Å². The predicted octanol–water partition coefficient (Wildman–Crippen LogP) is 6.07. The molecule has 2 radical (unpaired) electrons. The van der Waals surface area contributed by atoms with Gasteiger partial charge in [-0.2, -0.15) is 22.4 Å². The van der Waals surface area contributed by atoms with Crippen LogP contribution in [0.3, 0.4) is 0 Å². The molecule has 0 amide bonds. The monoisotopic (exact) mass is 542 g/mol. The van der Waals surface area contributed by atoms with Crippen molar-refractivity contribution in [3.05, 3.63) is 38.7 Å². The van der Waals surface area contributed by atoms with E-state index in [2.05, 4.69) is 55.7 Å². The molecular formula is C21H40BFeIN2Si. The van der Waals surface area contributed by atoms with Crippen molar-refractivity contribution in [2.24, 2.45) is 0 Å². The molecule has 2 aliphatic carbocycles. The molecule has 156 valence electrons. The fourth-order valence-corrected chi connectivity index (χ4v) is 4.72. The molecule has 6 heteroatoms. The van der Waals surface area contributed by atoms with Gasteiger partial charge in [-0.15, -0.1) is 0 Å². The molecule has 2 saturated carbocycles. The molecule has 1 heterocycles. The maximum Gasteiger partial charge on any atom is 2.00 e. The van der Waals surface area contributed by atoms with Crippen LogP contribution in [0.15, 0.2) is 18.2 Å². The minimum absolute atomic E-state index is 0. The molecule has 2 aliphatic rings. The third kappa shape index (κ3) is 10.8. The summed E-state index contributed by atoms with van der Waals surface area (Å²) in [7, 11) is 2.84. The van der Waals surface area contributed by atoms with Crippen LogP contribution >= 0.6 is 22.4 Å². The molecule has 2 nitrogen and oxygen atoms in total. The zero-order valence-electron chi connectivity index (χ0n) is 18.4. The summed E-state index contributed by atoms with van der Waals surface area (Å²) in [5.41, 5.74) is 5.81. The van der Waals surface area contributed by atoms with Crippen molar-refractivity contribution in [2.45, 2.75) is 76.8 Å². The molecule has 0 bridgehead atoms. The maximum atomic E-state index is 4.97. The Bertz CT molecular complexity index is 458. The van der Waals surface area contributed by atoms with Crippen LogP contribution in [0.2, 0.25) is 13.1 Å². The second kappa shape index (κ2) is 17.5. The van der Waals surface area contributed by atoms with E-state index in [1.54, 1.807) is 22.4 Å². The predicted molar refractivity (Wildman–Crippen MR) is 132 cm³/mol. The molecule has 0 N–H and O–H groups in total. The molecule has 0 atom stereocenters. The van der Waals surface area contributed by atoms with E-state index in [9.17, 15) is 0 Å². The maximum absolute atomic E-state index is 4.97. The van der Waals surface area contributed by atoms with Gasteiger partial charge in [-0.3, -0.25) is 4.98 Å². The standard InChI is InChI=1S/C14H24N2Si.C5H10.2CH3.BI.Fe/c1-16(2)17(3,4)14-11-7-10-13(15-14)12-8-5-6-9-12;1-2-4-5-3-1;;;1-2;/h7,10-12H,5-6,8-9H2,1-4H3;1-5H2;2*1H3;;/q;;2*-1;;+2. The fourth-order valence-electron chi connectivity index (χ4n) is 3.35. The minimum Gasteiger partial charge on any atom is -0.358 e. The molecule has 2 fully saturated rings. The van der Waals surface area contributed by atoms with Crippen molar-refractivity contribution < 1.29 is 17.1 Å². The van der Waals surface area contributed by atoms with Gasteiger partial charge in [0.25, 0.3) is 0 Å². The van der Waals surface area contributed by atoms with Crippen molar-refractivity contribution in [1.82, 2.24) is 9.55 Å². The third-order valence-electron chi connectivity index (χ3n) is 5.54. The number of rotatable bonds is 3. The van der Waals surface area contributed by atoms with Crippen molar-refractivity contribution >= 4 is 41.6 Å². The van der Waals surface area contributed by atoms with Crippen molar-refractivity contribution in [3.63, 3.8) is 0 Å². The van der Waals surface area contributed by atoms with E-state index in [-0.39, 0.29) is 31.9 Å². The third-order valence-corrected chi connectivity index (χ3v) is 9.31. The Kier molecular flexibility index (Phi) is 20.9. The molecule has 1 aromatic rings. The van der Waals surface area contributed by atoms with Crippen LogP contribution < -0.4 is 5.32 Å². The summed E-state index contributed by atoms with van der Waals surface area (Å²) in [6, 6.07) is 6.64. The molecule has 0 aromatic carbocycles. The number of nitrogens with zero attached hydrogens (tertiary/aromatic N) is 2. The van der Waals surface area contributed by atoms with Crippen LogP contribution in [0.25, 0.3) is 0 Å². The first-order chi connectivity index (χ1) is 11.5. The Morgan fingerprint density at radius 2 is 1.37 bits per heavy atom. The van der Waals surface area contributed by atoms with Crippen LogP contribution in [0.4, 0.5) is 0 Å². The van der Waals surface area contributed by atoms with Gasteiger partial charge in [0.05, 0.1) is 0 Å². The fraction of sp³-hybridized carbons (Fsp3) is 0.667. The first-order valence-corrected chi connectivity index (χ1v) is 13.6. The van der Waals surface area contributed by atoms with Gasteiger partial charge >= 0.3 is 17.1 Å². The van der Waals surface area contributed by atoms with Crippen molar-refractivity contribution in [1.29, 1.82) is 0 Å². The number of pyridine rings is 1. The summed E-state index contributed by atoms with van der Waals surface area (Å²) < 4.78 is 2.37. The molecular weight excluding hydrogens is 502 g/mol. The average molecular weight is 542 g/mol.